The molecule has 0 atom stereocenters. The maximum Gasteiger partial charge on any atom is 0.309 e. The van der Waals surface area contributed by atoms with Gasteiger partial charge in [-0.25, -0.2) is 0 Å². The lowest BCUT2D eigenvalue weighted by molar-refractivity contribution is -0.147. The van der Waals surface area contributed by atoms with E-state index in [1.807, 2.05) is 19.9 Å². The molecule has 21 heavy (non-hydrogen) atoms. The lowest BCUT2D eigenvalue weighted by Gasteiger charge is -2.19. The standard InChI is InChI=1S/C18H26O3/c1-6-8-15-13(2)9-10-14(3)16(15)21-12-7-11-18(4,5)17(19)20/h6,8-10H,7,11-12H2,1-5H3,(H,19,20). The fourth-order valence-electron chi connectivity index (χ4n) is 2.17. The summed E-state index contributed by atoms with van der Waals surface area (Å²) in [6.45, 7) is 10.1. The molecule has 0 bridgehead atoms. The van der Waals surface area contributed by atoms with Crippen LogP contribution in [-0.4, -0.2) is 17.7 Å². The summed E-state index contributed by atoms with van der Waals surface area (Å²) < 4.78 is 5.93. The van der Waals surface area contributed by atoms with E-state index in [-0.39, 0.29) is 0 Å². The number of aliphatic carboxylic acids is 1. The van der Waals surface area contributed by atoms with E-state index >= 15 is 0 Å². The quantitative estimate of drug-likeness (QED) is 0.746. The van der Waals surface area contributed by atoms with Crippen molar-refractivity contribution in [2.24, 2.45) is 5.41 Å². The summed E-state index contributed by atoms with van der Waals surface area (Å²) in [7, 11) is 0. The van der Waals surface area contributed by atoms with E-state index in [1.54, 1.807) is 13.8 Å². The van der Waals surface area contributed by atoms with E-state index in [2.05, 4.69) is 25.1 Å². The summed E-state index contributed by atoms with van der Waals surface area (Å²) in [4.78, 5) is 11.1. The number of carbonyl (C=O) groups is 1. The van der Waals surface area contributed by atoms with Crippen LogP contribution in [0.25, 0.3) is 6.08 Å². The number of benzene rings is 1. The van der Waals surface area contributed by atoms with Crippen molar-refractivity contribution in [2.75, 3.05) is 6.61 Å². The van der Waals surface area contributed by atoms with Gasteiger partial charge in [0.05, 0.1) is 12.0 Å². The Balaban J connectivity index is 2.72. The van der Waals surface area contributed by atoms with Crippen molar-refractivity contribution in [3.05, 3.63) is 34.9 Å². The molecule has 1 aromatic rings. The van der Waals surface area contributed by atoms with Gasteiger partial charge in [-0.15, -0.1) is 0 Å². The summed E-state index contributed by atoms with van der Waals surface area (Å²) in [6, 6.07) is 4.14. The molecule has 1 rings (SSSR count). The number of carboxylic acids is 1. The molecule has 0 saturated heterocycles. The number of allylic oxidation sites excluding steroid dienone is 1. The molecule has 0 fully saturated rings. The fourth-order valence-corrected chi connectivity index (χ4v) is 2.17. The van der Waals surface area contributed by atoms with Crippen LogP contribution in [0.2, 0.25) is 0 Å². The number of rotatable bonds is 7. The van der Waals surface area contributed by atoms with Crippen LogP contribution < -0.4 is 4.74 Å². The van der Waals surface area contributed by atoms with E-state index in [4.69, 9.17) is 9.84 Å². The molecule has 0 unspecified atom stereocenters. The number of hydrogen-bond acceptors (Lipinski definition) is 2. The van der Waals surface area contributed by atoms with Gasteiger partial charge >= 0.3 is 5.97 Å². The zero-order chi connectivity index (χ0) is 16.0. The van der Waals surface area contributed by atoms with Gasteiger partial charge < -0.3 is 9.84 Å². The third-order valence-corrected chi connectivity index (χ3v) is 3.72. The molecule has 0 heterocycles. The zero-order valence-electron chi connectivity index (χ0n) is 13.7. The van der Waals surface area contributed by atoms with Gasteiger partial charge in [-0.1, -0.05) is 24.3 Å². The second kappa shape index (κ2) is 7.30. The molecule has 3 heteroatoms. The van der Waals surface area contributed by atoms with E-state index in [1.165, 1.54) is 5.56 Å². The van der Waals surface area contributed by atoms with E-state index in [0.29, 0.717) is 13.0 Å². The molecule has 1 aromatic carbocycles. The number of ether oxygens (including phenoxy) is 1. The minimum atomic E-state index is -0.760. The number of carboxylic acid groups (broad SMARTS) is 1. The van der Waals surface area contributed by atoms with E-state index < -0.39 is 11.4 Å². The van der Waals surface area contributed by atoms with Gasteiger partial charge in [-0.3, -0.25) is 4.79 Å². The minimum absolute atomic E-state index is 0.533. The van der Waals surface area contributed by atoms with Crippen LogP contribution in [0.15, 0.2) is 18.2 Å². The Morgan fingerprint density at radius 1 is 1.29 bits per heavy atom. The maximum absolute atomic E-state index is 11.1. The molecule has 3 nitrogen and oxygen atoms in total. The zero-order valence-corrected chi connectivity index (χ0v) is 13.7. The molecular weight excluding hydrogens is 264 g/mol. The van der Waals surface area contributed by atoms with Crippen LogP contribution in [0, 0.1) is 19.3 Å². The van der Waals surface area contributed by atoms with Crippen molar-refractivity contribution < 1.29 is 14.6 Å². The second-order valence-electron chi connectivity index (χ2n) is 6.08. The first kappa shape index (κ1) is 17.3. The molecule has 0 aliphatic heterocycles. The topological polar surface area (TPSA) is 46.5 Å². The monoisotopic (exact) mass is 290 g/mol. The SMILES string of the molecule is CC=Cc1c(C)ccc(C)c1OCCCC(C)(C)C(=O)O. The molecule has 116 valence electrons. The molecule has 0 radical (unpaired) electrons. The molecular formula is C18H26O3. The van der Waals surface area contributed by atoms with Crippen LogP contribution >= 0.6 is 0 Å². The molecule has 0 aliphatic carbocycles. The van der Waals surface area contributed by atoms with Gasteiger partial charge in [0.2, 0.25) is 0 Å². The lowest BCUT2D eigenvalue weighted by atomic mass is 9.88. The average molecular weight is 290 g/mol. The van der Waals surface area contributed by atoms with Crippen molar-refractivity contribution >= 4 is 12.0 Å². The molecule has 0 aromatic heterocycles. The smallest absolute Gasteiger partial charge is 0.309 e. The largest absolute Gasteiger partial charge is 0.493 e. The molecule has 0 amide bonds. The Kier molecular flexibility index (Phi) is 6.01. The Morgan fingerprint density at radius 2 is 1.90 bits per heavy atom. The van der Waals surface area contributed by atoms with Gasteiger partial charge in [0.15, 0.2) is 0 Å². The van der Waals surface area contributed by atoms with Crippen LogP contribution in [0.3, 0.4) is 0 Å². The van der Waals surface area contributed by atoms with Gasteiger partial charge in [0.1, 0.15) is 5.75 Å². The summed E-state index contributed by atoms with van der Waals surface area (Å²) in [6.07, 6.45) is 5.38. The van der Waals surface area contributed by atoms with Gasteiger partial charge in [-0.2, -0.15) is 0 Å². The normalized spacial score (nSPS) is 11.9. The van der Waals surface area contributed by atoms with Gasteiger partial charge in [0.25, 0.3) is 0 Å². The van der Waals surface area contributed by atoms with Crippen LogP contribution in [0.1, 0.15) is 50.3 Å². The van der Waals surface area contributed by atoms with Crippen molar-refractivity contribution in [3.8, 4) is 5.75 Å². The van der Waals surface area contributed by atoms with Crippen molar-refractivity contribution in [1.82, 2.24) is 0 Å². The average Bonchev–Trinajstić information content (AvgIpc) is 2.41. The Labute approximate surface area is 127 Å². The fraction of sp³-hybridized carbons (Fsp3) is 0.500. The van der Waals surface area contributed by atoms with Crippen LogP contribution in [0.5, 0.6) is 5.75 Å². The first-order chi connectivity index (χ1) is 9.79. The predicted octanol–water partition coefficient (Wildman–Crippen LogP) is 4.61. The summed E-state index contributed by atoms with van der Waals surface area (Å²) in [5.74, 6) is 0.144. The highest BCUT2D eigenvalue weighted by molar-refractivity contribution is 5.73. The lowest BCUT2D eigenvalue weighted by Crippen LogP contribution is -2.24. The highest BCUT2D eigenvalue weighted by Crippen LogP contribution is 2.29. The number of hydrogen-bond donors (Lipinski definition) is 1. The minimum Gasteiger partial charge on any atom is -0.493 e. The van der Waals surface area contributed by atoms with Gasteiger partial charge in [-0.05, 0) is 58.6 Å². The summed E-state index contributed by atoms with van der Waals surface area (Å²) in [5, 5.41) is 9.10. The van der Waals surface area contributed by atoms with Crippen LogP contribution in [-0.2, 0) is 4.79 Å². The molecule has 1 N–H and O–H groups in total. The molecule has 0 spiro atoms. The Bertz CT molecular complexity index is 528. The highest BCUT2D eigenvalue weighted by atomic mass is 16.5. The third kappa shape index (κ3) is 4.62. The second-order valence-corrected chi connectivity index (χ2v) is 6.08. The first-order valence-electron chi connectivity index (χ1n) is 7.38. The first-order valence-corrected chi connectivity index (χ1v) is 7.38. The van der Waals surface area contributed by atoms with E-state index in [0.717, 1.165) is 23.3 Å². The summed E-state index contributed by atoms with van der Waals surface area (Å²) in [5.41, 5.74) is 2.69. The van der Waals surface area contributed by atoms with Crippen molar-refractivity contribution in [2.45, 2.75) is 47.5 Å². The number of aryl methyl sites for hydroxylation is 2. The predicted molar refractivity (Wildman–Crippen MR) is 86.8 cm³/mol. The Morgan fingerprint density at radius 3 is 2.48 bits per heavy atom. The third-order valence-electron chi connectivity index (χ3n) is 3.72. The Hall–Kier alpha value is -1.77. The van der Waals surface area contributed by atoms with Crippen molar-refractivity contribution in [3.63, 3.8) is 0 Å². The maximum atomic E-state index is 11.1. The summed E-state index contributed by atoms with van der Waals surface area (Å²) >= 11 is 0. The molecule has 0 aliphatic rings. The van der Waals surface area contributed by atoms with Crippen LogP contribution in [0.4, 0.5) is 0 Å². The van der Waals surface area contributed by atoms with Crippen molar-refractivity contribution in [1.29, 1.82) is 0 Å². The molecule has 0 saturated carbocycles. The highest BCUT2D eigenvalue weighted by Gasteiger charge is 2.26. The van der Waals surface area contributed by atoms with E-state index in [9.17, 15) is 4.79 Å². The van der Waals surface area contributed by atoms with Gasteiger partial charge in [0, 0.05) is 5.56 Å².